The van der Waals surface area contributed by atoms with Gasteiger partial charge in [-0.2, -0.15) is 0 Å². The van der Waals surface area contributed by atoms with Gasteiger partial charge in [-0.25, -0.2) is 9.59 Å². The lowest BCUT2D eigenvalue weighted by atomic mass is 10.1. The summed E-state index contributed by atoms with van der Waals surface area (Å²) >= 11 is 0.977. The minimum Gasteiger partial charge on any atom is -0.460 e. The van der Waals surface area contributed by atoms with Crippen LogP contribution in [0.25, 0.3) is 10.2 Å². The summed E-state index contributed by atoms with van der Waals surface area (Å²) in [6, 6.07) is 17.1. The van der Waals surface area contributed by atoms with Crippen molar-refractivity contribution in [2.75, 3.05) is 13.2 Å². The number of thiophene rings is 1. The van der Waals surface area contributed by atoms with Crippen LogP contribution >= 0.6 is 11.3 Å². The molecular formula is C25H19N3O6S. The van der Waals surface area contributed by atoms with Gasteiger partial charge in [-0.3, -0.25) is 28.4 Å². The van der Waals surface area contributed by atoms with Crippen molar-refractivity contribution in [1.29, 1.82) is 0 Å². The van der Waals surface area contributed by atoms with Gasteiger partial charge < -0.3 is 4.74 Å². The molecule has 1 aliphatic rings. The summed E-state index contributed by atoms with van der Waals surface area (Å²) in [6.45, 7) is -0.181. The lowest BCUT2D eigenvalue weighted by Crippen LogP contribution is -2.38. The molecule has 10 heteroatoms. The van der Waals surface area contributed by atoms with Gasteiger partial charge in [-0.1, -0.05) is 42.5 Å². The number of imide groups is 1. The van der Waals surface area contributed by atoms with Gasteiger partial charge in [0.25, 0.3) is 17.4 Å². The van der Waals surface area contributed by atoms with Crippen LogP contribution in [0.4, 0.5) is 0 Å². The topological polar surface area (TPSA) is 108 Å². The summed E-state index contributed by atoms with van der Waals surface area (Å²) in [6.07, 6.45) is 0. The highest BCUT2D eigenvalue weighted by Gasteiger charge is 2.35. The average Bonchev–Trinajstić information content (AvgIpc) is 3.42. The smallest absolute Gasteiger partial charge is 0.348 e. The van der Waals surface area contributed by atoms with Crippen molar-refractivity contribution >= 4 is 39.3 Å². The van der Waals surface area contributed by atoms with Crippen LogP contribution < -0.4 is 11.2 Å². The number of ether oxygens (including phenoxy) is 1. The minimum atomic E-state index is -0.704. The maximum Gasteiger partial charge on any atom is 0.348 e. The Bertz CT molecular complexity index is 1580. The molecule has 0 saturated heterocycles. The number of rotatable bonds is 6. The van der Waals surface area contributed by atoms with Crippen LogP contribution in [0.3, 0.4) is 0 Å². The van der Waals surface area contributed by atoms with Gasteiger partial charge in [0.15, 0.2) is 0 Å². The number of hydrogen-bond donors (Lipinski definition) is 0. The largest absolute Gasteiger partial charge is 0.460 e. The van der Waals surface area contributed by atoms with Crippen molar-refractivity contribution < 1.29 is 19.1 Å². The van der Waals surface area contributed by atoms with Gasteiger partial charge >= 0.3 is 11.7 Å². The Morgan fingerprint density at radius 2 is 1.54 bits per heavy atom. The Kier molecular flexibility index (Phi) is 5.65. The quantitative estimate of drug-likeness (QED) is 0.304. The van der Waals surface area contributed by atoms with E-state index in [1.54, 1.807) is 31.3 Å². The Morgan fingerprint density at radius 1 is 0.914 bits per heavy atom. The van der Waals surface area contributed by atoms with Crippen LogP contribution in [0.15, 0.2) is 70.3 Å². The maximum absolute atomic E-state index is 13.0. The lowest BCUT2D eigenvalue weighted by molar-refractivity contribution is 0.0424. The highest BCUT2D eigenvalue weighted by Crippen LogP contribution is 2.24. The molecule has 176 valence electrons. The van der Waals surface area contributed by atoms with Gasteiger partial charge in [-0.15, -0.1) is 11.3 Å². The van der Waals surface area contributed by atoms with Crippen LogP contribution in [0.2, 0.25) is 0 Å². The van der Waals surface area contributed by atoms with Crippen molar-refractivity contribution in [3.8, 4) is 0 Å². The molecular weight excluding hydrogens is 470 g/mol. The third-order valence-electron chi connectivity index (χ3n) is 5.82. The summed E-state index contributed by atoms with van der Waals surface area (Å²) in [7, 11) is 1.54. The van der Waals surface area contributed by atoms with Crippen molar-refractivity contribution in [3.63, 3.8) is 0 Å². The van der Waals surface area contributed by atoms with E-state index in [2.05, 4.69) is 0 Å². The normalized spacial score (nSPS) is 12.9. The zero-order chi connectivity index (χ0) is 24.7. The van der Waals surface area contributed by atoms with Crippen molar-refractivity contribution in [3.05, 3.63) is 103 Å². The summed E-state index contributed by atoms with van der Waals surface area (Å²) in [5.74, 6) is -1.57. The molecule has 2 aromatic carbocycles. The van der Waals surface area contributed by atoms with E-state index in [0.717, 1.165) is 26.4 Å². The molecule has 0 radical (unpaired) electrons. The third-order valence-corrected chi connectivity index (χ3v) is 7.01. The van der Waals surface area contributed by atoms with Crippen LogP contribution in [0, 0.1) is 0 Å². The van der Waals surface area contributed by atoms with Gasteiger partial charge in [-0.05, 0) is 23.8 Å². The summed E-state index contributed by atoms with van der Waals surface area (Å²) in [5, 5.41) is 0.236. The van der Waals surface area contributed by atoms with E-state index in [0.29, 0.717) is 16.0 Å². The average molecular weight is 490 g/mol. The first-order valence-corrected chi connectivity index (χ1v) is 11.6. The molecule has 0 saturated carbocycles. The molecule has 1 aliphatic heterocycles. The number of hydrogen-bond acceptors (Lipinski definition) is 7. The van der Waals surface area contributed by atoms with Crippen molar-refractivity contribution in [2.24, 2.45) is 7.05 Å². The number of aromatic nitrogens is 2. The fourth-order valence-corrected chi connectivity index (χ4v) is 5.03. The molecule has 3 heterocycles. The number of fused-ring (bicyclic) bond motifs is 2. The summed E-state index contributed by atoms with van der Waals surface area (Å²) in [5.41, 5.74) is 0.461. The van der Waals surface area contributed by atoms with Crippen LogP contribution in [0.1, 0.15) is 36.0 Å². The van der Waals surface area contributed by atoms with Crippen LogP contribution in [-0.4, -0.2) is 45.0 Å². The highest BCUT2D eigenvalue weighted by atomic mass is 32.1. The number of benzene rings is 2. The number of amides is 2. The van der Waals surface area contributed by atoms with E-state index in [9.17, 15) is 24.0 Å². The second-order valence-electron chi connectivity index (χ2n) is 7.99. The summed E-state index contributed by atoms with van der Waals surface area (Å²) in [4.78, 5) is 64.9. The molecule has 35 heavy (non-hydrogen) atoms. The molecule has 0 fully saturated rings. The van der Waals surface area contributed by atoms with Gasteiger partial charge in [0.05, 0.1) is 29.6 Å². The molecule has 5 rings (SSSR count). The zero-order valence-electron chi connectivity index (χ0n) is 18.6. The van der Waals surface area contributed by atoms with E-state index in [4.69, 9.17) is 4.74 Å². The van der Waals surface area contributed by atoms with Crippen LogP contribution in [0.5, 0.6) is 0 Å². The number of esters is 1. The fourth-order valence-electron chi connectivity index (χ4n) is 4.03. The molecule has 2 amide bonds. The Labute approximate surface area is 202 Å². The van der Waals surface area contributed by atoms with Gasteiger partial charge in [0.1, 0.15) is 16.3 Å². The first-order valence-electron chi connectivity index (χ1n) is 10.8. The highest BCUT2D eigenvalue weighted by molar-refractivity contribution is 7.20. The standard InChI is InChI=1S/C25H19N3O6S/c1-26-23-18(22(31)28(25(26)33)14-15-7-3-2-4-8-15)13-19(35-23)24(32)34-12-11-27-20(29)16-9-5-6-10-17(16)21(27)30/h2-10,13H,11-12,14H2,1H3. The summed E-state index contributed by atoms with van der Waals surface area (Å²) < 4.78 is 7.74. The zero-order valence-corrected chi connectivity index (χ0v) is 19.4. The minimum absolute atomic E-state index is 0.0919. The monoisotopic (exact) mass is 489 g/mol. The van der Waals surface area contributed by atoms with Gasteiger partial charge in [0.2, 0.25) is 0 Å². The number of carbonyl (C=O) groups excluding carboxylic acids is 3. The van der Waals surface area contributed by atoms with E-state index in [1.807, 2.05) is 30.3 Å². The Hall–Kier alpha value is -4.31. The molecule has 0 atom stereocenters. The molecule has 2 aromatic heterocycles. The molecule has 0 N–H and O–H groups in total. The van der Waals surface area contributed by atoms with E-state index >= 15 is 0 Å². The SMILES string of the molecule is Cn1c(=O)n(Cc2ccccc2)c(=O)c2cc(C(=O)OCCN3C(=O)c4ccccc4C3=O)sc21. The van der Waals surface area contributed by atoms with E-state index in [-0.39, 0.29) is 30.0 Å². The number of nitrogens with zero attached hydrogens (tertiary/aromatic N) is 3. The number of aryl methyl sites for hydroxylation is 1. The molecule has 4 aromatic rings. The molecule has 0 bridgehead atoms. The first-order chi connectivity index (χ1) is 16.9. The van der Waals surface area contributed by atoms with E-state index < -0.39 is 29.0 Å². The molecule has 0 spiro atoms. The number of carbonyl (C=O) groups is 3. The fraction of sp³-hybridized carbons (Fsp3) is 0.160. The second kappa shape index (κ2) is 8.80. The predicted octanol–water partition coefficient (Wildman–Crippen LogP) is 2.26. The van der Waals surface area contributed by atoms with Crippen LogP contribution in [-0.2, 0) is 18.3 Å². The predicted molar refractivity (Wildman–Crippen MR) is 129 cm³/mol. The van der Waals surface area contributed by atoms with E-state index in [1.165, 1.54) is 10.6 Å². The molecule has 0 aliphatic carbocycles. The van der Waals surface area contributed by atoms with Crippen molar-refractivity contribution in [1.82, 2.24) is 14.0 Å². The first kappa shape index (κ1) is 22.5. The molecule has 9 nitrogen and oxygen atoms in total. The Balaban J connectivity index is 1.34. The maximum atomic E-state index is 13.0. The van der Waals surface area contributed by atoms with Gasteiger partial charge in [0, 0.05) is 7.05 Å². The lowest BCUT2D eigenvalue weighted by Gasteiger charge is -2.13. The molecule has 0 unspecified atom stereocenters. The Morgan fingerprint density at radius 3 is 2.20 bits per heavy atom. The van der Waals surface area contributed by atoms with Crippen molar-refractivity contribution in [2.45, 2.75) is 6.54 Å². The second-order valence-corrected chi connectivity index (χ2v) is 9.02. The third kappa shape index (κ3) is 3.87.